The van der Waals surface area contributed by atoms with Gasteiger partial charge < -0.3 is 4.90 Å². The minimum atomic E-state index is -0.0615. The molecule has 0 aliphatic heterocycles. The molecule has 2 aromatic carbocycles. The fraction of sp³-hybridized carbons (Fsp3) is 0.300. The van der Waals surface area contributed by atoms with Crippen LogP contribution in [-0.2, 0) is 11.3 Å². The van der Waals surface area contributed by atoms with Crippen LogP contribution < -0.4 is 0 Å². The highest BCUT2D eigenvalue weighted by Gasteiger charge is 2.21. The molecule has 3 rings (SSSR count). The lowest BCUT2D eigenvalue weighted by Gasteiger charge is -2.26. The summed E-state index contributed by atoms with van der Waals surface area (Å²) in [6.07, 6.45) is 0. The molecular formula is C20H22ClN3OS. The summed E-state index contributed by atoms with van der Waals surface area (Å²) in [5.41, 5.74) is 2.00. The zero-order valence-electron chi connectivity index (χ0n) is 15.1. The Bertz CT molecular complexity index is 878. The van der Waals surface area contributed by atoms with Crippen LogP contribution in [-0.4, -0.2) is 41.3 Å². The first-order chi connectivity index (χ1) is 12.5. The molecule has 1 amide bonds. The monoisotopic (exact) mass is 387 g/mol. The van der Waals surface area contributed by atoms with Crippen molar-refractivity contribution < 1.29 is 4.79 Å². The number of carbonyl (C=O) groups excluding carboxylic acids is 1. The summed E-state index contributed by atoms with van der Waals surface area (Å²) in [4.78, 5) is 21.1. The standard InChI is InChI=1S/C20H22ClN3OS/c1-14(20-22-17-10-6-7-11-18(17)26-20)24(3)19(25)13-23(2)12-15-8-4-5-9-16(15)21/h4-11,14H,12-13H2,1-3H3/t14-/m0/s1. The van der Waals surface area contributed by atoms with Crippen molar-refractivity contribution in [2.24, 2.45) is 0 Å². The molecule has 0 spiro atoms. The van der Waals surface area contributed by atoms with E-state index in [0.717, 1.165) is 25.8 Å². The third-order valence-corrected chi connectivity index (χ3v) is 6.02. The fourth-order valence-electron chi connectivity index (χ4n) is 2.77. The number of nitrogens with zero attached hydrogens (tertiary/aromatic N) is 3. The molecule has 0 N–H and O–H groups in total. The molecule has 0 aliphatic rings. The summed E-state index contributed by atoms with van der Waals surface area (Å²) < 4.78 is 1.14. The van der Waals surface area contributed by atoms with E-state index in [1.54, 1.807) is 16.2 Å². The molecule has 0 radical (unpaired) electrons. The molecule has 0 saturated heterocycles. The zero-order valence-corrected chi connectivity index (χ0v) is 16.7. The van der Waals surface area contributed by atoms with Crippen molar-refractivity contribution in [3.05, 3.63) is 64.1 Å². The lowest BCUT2D eigenvalue weighted by atomic mass is 10.2. The molecule has 136 valence electrons. The highest BCUT2D eigenvalue weighted by atomic mass is 35.5. The van der Waals surface area contributed by atoms with E-state index in [1.165, 1.54) is 0 Å². The third-order valence-electron chi connectivity index (χ3n) is 4.45. The van der Waals surface area contributed by atoms with Gasteiger partial charge in [-0.15, -0.1) is 11.3 Å². The SMILES string of the molecule is C[C@@H](c1nc2ccccc2s1)N(C)C(=O)CN(C)Cc1ccccc1Cl. The number of halogens is 1. The van der Waals surface area contributed by atoms with Crippen molar-refractivity contribution in [1.82, 2.24) is 14.8 Å². The van der Waals surface area contributed by atoms with Gasteiger partial charge in [0.1, 0.15) is 5.01 Å². The van der Waals surface area contributed by atoms with E-state index in [4.69, 9.17) is 11.6 Å². The van der Waals surface area contributed by atoms with E-state index in [2.05, 4.69) is 11.1 Å². The predicted octanol–water partition coefficient (Wildman–Crippen LogP) is 4.60. The summed E-state index contributed by atoms with van der Waals surface area (Å²) in [6.45, 7) is 2.98. The normalized spacial score (nSPS) is 12.5. The first kappa shape index (κ1) is 18.8. The second-order valence-electron chi connectivity index (χ2n) is 6.46. The molecule has 3 aromatic rings. The minimum Gasteiger partial charge on any atom is -0.335 e. The number of carbonyl (C=O) groups is 1. The Kier molecular flexibility index (Phi) is 5.91. The Balaban J connectivity index is 1.64. The van der Waals surface area contributed by atoms with Crippen molar-refractivity contribution in [3.63, 3.8) is 0 Å². The van der Waals surface area contributed by atoms with Gasteiger partial charge >= 0.3 is 0 Å². The average Bonchev–Trinajstić information content (AvgIpc) is 3.06. The Labute approximate surface area is 163 Å². The van der Waals surface area contributed by atoms with Crippen LogP contribution in [0.3, 0.4) is 0 Å². The van der Waals surface area contributed by atoms with Gasteiger partial charge in [-0.05, 0) is 37.7 Å². The number of fused-ring (bicyclic) bond motifs is 1. The van der Waals surface area contributed by atoms with Gasteiger partial charge in [0.05, 0.1) is 22.8 Å². The first-order valence-electron chi connectivity index (χ1n) is 8.49. The maximum atomic E-state index is 12.7. The van der Waals surface area contributed by atoms with Crippen molar-refractivity contribution in [1.29, 1.82) is 0 Å². The number of hydrogen-bond acceptors (Lipinski definition) is 4. The van der Waals surface area contributed by atoms with Gasteiger partial charge in [-0.1, -0.05) is 41.9 Å². The van der Waals surface area contributed by atoms with Gasteiger partial charge in [-0.25, -0.2) is 4.98 Å². The number of hydrogen-bond donors (Lipinski definition) is 0. The maximum absolute atomic E-state index is 12.7. The number of benzene rings is 2. The van der Waals surface area contributed by atoms with E-state index >= 15 is 0 Å². The summed E-state index contributed by atoms with van der Waals surface area (Å²) in [5.74, 6) is 0.0614. The van der Waals surface area contributed by atoms with E-state index in [-0.39, 0.29) is 11.9 Å². The predicted molar refractivity (Wildman–Crippen MR) is 109 cm³/mol. The largest absolute Gasteiger partial charge is 0.335 e. The summed E-state index contributed by atoms with van der Waals surface area (Å²) in [7, 11) is 3.76. The second-order valence-corrected chi connectivity index (χ2v) is 7.93. The molecule has 1 aromatic heterocycles. The molecule has 26 heavy (non-hydrogen) atoms. The minimum absolute atomic E-state index is 0.0614. The Morgan fingerprint density at radius 1 is 1.15 bits per heavy atom. The van der Waals surface area contributed by atoms with Gasteiger partial charge in [0.25, 0.3) is 0 Å². The van der Waals surface area contributed by atoms with Crippen LogP contribution in [0.15, 0.2) is 48.5 Å². The van der Waals surface area contributed by atoms with Crippen LogP contribution in [0.2, 0.25) is 5.02 Å². The lowest BCUT2D eigenvalue weighted by Crippen LogP contribution is -2.37. The van der Waals surface area contributed by atoms with Crippen LogP contribution >= 0.6 is 22.9 Å². The number of amides is 1. The van der Waals surface area contributed by atoms with Crippen molar-refractivity contribution in [3.8, 4) is 0 Å². The lowest BCUT2D eigenvalue weighted by molar-refractivity contribution is -0.132. The van der Waals surface area contributed by atoms with Crippen LogP contribution in [0.1, 0.15) is 23.5 Å². The Morgan fingerprint density at radius 2 is 1.85 bits per heavy atom. The van der Waals surface area contributed by atoms with Gasteiger partial charge in [0, 0.05) is 18.6 Å². The molecule has 0 aliphatic carbocycles. The van der Waals surface area contributed by atoms with Crippen LogP contribution in [0, 0.1) is 0 Å². The summed E-state index contributed by atoms with van der Waals surface area (Å²) >= 11 is 7.85. The molecule has 0 unspecified atom stereocenters. The third kappa shape index (κ3) is 4.23. The molecule has 6 heteroatoms. The topological polar surface area (TPSA) is 36.4 Å². The summed E-state index contributed by atoms with van der Waals surface area (Å²) in [6, 6.07) is 15.7. The van der Waals surface area contributed by atoms with Crippen molar-refractivity contribution >= 4 is 39.1 Å². The van der Waals surface area contributed by atoms with E-state index in [9.17, 15) is 4.79 Å². The van der Waals surface area contributed by atoms with Gasteiger partial charge in [-0.3, -0.25) is 9.69 Å². The average molecular weight is 388 g/mol. The highest BCUT2D eigenvalue weighted by Crippen LogP contribution is 2.28. The number of thiazole rings is 1. The molecule has 0 saturated carbocycles. The van der Waals surface area contributed by atoms with Gasteiger partial charge in [-0.2, -0.15) is 0 Å². The van der Waals surface area contributed by atoms with Crippen molar-refractivity contribution in [2.45, 2.75) is 19.5 Å². The Morgan fingerprint density at radius 3 is 2.58 bits per heavy atom. The molecule has 1 atom stereocenters. The molecule has 0 bridgehead atoms. The second kappa shape index (κ2) is 8.16. The van der Waals surface area contributed by atoms with Crippen LogP contribution in [0.5, 0.6) is 0 Å². The fourth-order valence-corrected chi connectivity index (χ4v) is 4.02. The molecular weight excluding hydrogens is 366 g/mol. The number of rotatable bonds is 6. The van der Waals surface area contributed by atoms with E-state index < -0.39 is 0 Å². The van der Waals surface area contributed by atoms with Crippen molar-refractivity contribution in [2.75, 3.05) is 20.6 Å². The molecule has 4 nitrogen and oxygen atoms in total. The molecule has 0 fully saturated rings. The number of aromatic nitrogens is 1. The zero-order chi connectivity index (χ0) is 18.7. The van der Waals surface area contributed by atoms with E-state index in [0.29, 0.717) is 13.1 Å². The van der Waals surface area contributed by atoms with E-state index in [1.807, 2.05) is 68.4 Å². The van der Waals surface area contributed by atoms with Crippen LogP contribution in [0.25, 0.3) is 10.2 Å². The quantitative estimate of drug-likeness (QED) is 0.620. The summed E-state index contributed by atoms with van der Waals surface area (Å²) in [5, 5.41) is 1.68. The smallest absolute Gasteiger partial charge is 0.237 e. The van der Waals surface area contributed by atoms with Crippen LogP contribution in [0.4, 0.5) is 0 Å². The molecule has 1 heterocycles. The Hall–Kier alpha value is -1.95. The van der Waals surface area contributed by atoms with Gasteiger partial charge in [0.2, 0.25) is 5.91 Å². The first-order valence-corrected chi connectivity index (χ1v) is 9.68. The highest BCUT2D eigenvalue weighted by molar-refractivity contribution is 7.18. The van der Waals surface area contributed by atoms with Gasteiger partial charge in [0.15, 0.2) is 0 Å². The number of likely N-dealkylation sites (N-methyl/N-ethyl adjacent to an activating group) is 2. The maximum Gasteiger partial charge on any atom is 0.237 e. The number of para-hydroxylation sites is 1.